The number of nitrogens with zero attached hydrogens (tertiary/aromatic N) is 3. The van der Waals surface area contributed by atoms with E-state index in [-0.39, 0.29) is 12.3 Å². The average molecular weight is 454 g/mol. The number of carboxylic acids is 1. The van der Waals surface area contributed by atoms with Gasteiger partial charge in [0, 0.05) is 11.4 Å². The van der Waals surface area contributed by atoms with Crippen LogP contribution < -0.4 is 5.32 Å². The van der Waals surface area contributed by atoms with Gasteiger partial charge in [-0.3, -0.25) is 9.59 Å². The smallest absolute Gasteiger partial charge is 0.304 e. The van der Waals surface area contributed by atoms with Crippen molar-refractivity contribution in [3.05, 3.63) is 64.9 Å². The molecule has 0 radical (unpaired) electrons. The maximum atomic E-state index is 13.2. The van der Waals surface area contributed by atoms with Gasteiger partial charge in [-0.2, -0.15) is 0 Å². The first-order valence-corrected chi connectivity index (χ1v) is 10.9. The molecule has 1 amide bonds. The van der Waals surface area contributed by atoms with Crippen LogP contribution in [0, 0.1) is 5.41 Å². The molecular formula is C23H24ClN5O3. The first kappa shape index (κ1) is 22.0. The van der Waals surface area contributed by atoms with Crippen LogP contribution in [-0.2, 0) is 16.0 Å². The Morgan fingerprint density at radius 1 is 1.12 bits per heavy atom. The minimum Gasteiger partial charge on any atom is -0.481 e. The molecule has 8 nitrogen and oxygen atoms in total. The molecule has 1 aromatic heterocycles. The Morgan fingerprint density at radius 2 is 1.88 bits per heavy atom. The van der Waals surface area contributed by atoms with Crippen LogP contribution in [0.25, 0.3) is 11.1 Å². The Labute approximate surface area is 190 Å². The van der Waals surface area contributed by atoms with E-state index in [2.05, 4.69) is 25.9 Å². The van der Waals surface area contributed by atoms with Crippen LogP contribution in [0.15, 0.2) is 48.5 Å². The SMILES string of the molecule is O=C(O)CC1(C(=O)N[C@@H](Cc2ccc(-c3cccc(Cl)c3)cc2)c2nnn[nH]2)CCCC1. The molecule has 3 aromatic rings. The van der Waals surface area contributed by atoms with Crippen LogP contribution in [0.5, 0.6) is 0 Å². The molecule has 32 heavy (non-hydrogen) atoms. The number of aromatic nitrogens is 4. The van der Waals surface area contributed by atoms with Gasteiger partial charge in [0.2, 0.25) is 5.91 Å². The Hall–Kier alpha value is -3.26. The highest BCUT2D eigenvalue weighted by Gasteiger charge is 2.43. The van der Waals surface area contributed by atoms with Crippen molar-refractivity contribution < 1.29 is 14.7 Å². The lowest BCUT2D eigenvalue weighted by atomic mass is 9.81. The van der Waals surface area contributed by atoms with Gasteiger partial charge in [0.15, 0.2) is 5.82 Å². The summed E-state index contributed by atoms with van der Waals surface area (Å²) < 4.78 is 0. The fourth-order valence-corrected chi connectivity index (χ4v) is 4.59. The summed E-state index contributed by atoms with van der Waals surface area (Å²) in [6, 6.07) is 15.1. The Balaban J connectivity index is 1.53. The molecular weight excluding hydrogens is 430 g/mol. The monoisotopic (exact) mass is 453 g/mol. The minimum absolute atomic E-state index is 0.172. The van der Waals surface area contributed by atoms with E-state index in [0.29, 0.717) is 30.1 Å². The summed E-state index contributed by atoms with van der Waals surface area (Å²) in [6.07, 6.45) is 3.12. The molecule has 1 aliphatic carbocycles. The van der Waals surface area contributed by atoms with Crippen LogP contribution in [0.2, 0.25) is 5.02 Å². The van der Waals surface area contributed by atoms with Crippen molar-refractivity contribution in [3.8, 4) is 11.1 Å². The van der Waals surface area contributed by atoms with Gasteiger partial charge in [-0.1, -0.05) is 60.8 Å². The zero-order valence-corrected chi connectivity index (χ0v) is 18.2. The molecule has 9 heteroatoms. The second-order valence-corrected chi connectivity index (χ2v) is 8.72. The van der Waals surface area contributed by atoms with Crippen molar-refractivity contribution in [3.63, 3.8) is 0 Å². The number of tetrazole rings is 1. The number of carbonyl (C=O) groups is 2. The Morgan fingerprint density at radius 3 is 2.50 bits per heavy atom. The Kier molecular flexibility index (Phi) is 6.50. The number of hydrogen-bond donors (Lipinski definition) is 3. The molecule has 1 saturated carbocycles. The number of aliphatic carboxylic acids is 1. The van der Waals surface area contributed by atoms with Gasteiger partial charge >= 0.3 is 5.97 Å². The normalized spacial score (nSPS) is 15.9. The molecule has 1 aliphatic rings. The third-order valence-corrected chi connectivity index (χ3v) is 6.32. The molecule has 4 rings (SSSR count). The zero-order valence-electron chi connectivity index (χ0n) is 17.4. The summed E-state index contributed by atoms with van der Waals surface area (Å²) in [4.78, 5) is 24.6. The largest absolute Gasteiger partial charge is 0.481 e. The number of carboxylic acid groups (broad SMARTS) is 1. The van der Waals surface area contributed by atoms with Gasteiger partial charge in [-0.15, -0.1) is 5.10 Å². The summed E-state index contributed by atoms with van der Waals surface area (Å²) in [5.74, 6) is -0.786. The number of rotatable bonds is 8. The van der Waals surface area contributed by atoms with Crippen LogP contribution in [0.4, 0.5) is 0 Å². The van der Waals surface area contributed by atoms with E-state index in [9.17, 15) is 14.7 Å². The van der Waals surface area contributed by atoms with Gasteiger partial charge < -0.3 is 10.4 Å². The van der Waals surface area contributed by atoms with E-state index in [1.165, 1.54) is 0 Å². The van der Waals surface area contributed by atoms with E-state index >= 15 is 0 Å². The third kappa shape index (κ3) is 4.96. The lowest BCUT2D eigenvalue weighted by Gasteiger charge is -2.28. The average Bonchev–Trinajstić information content (AvgIpc) is 3.46. The molecule has 1 atom stereocenters. The fourth-order valence-electron chi connectivity index (χ4n) is 4.40. The highest BCUT2D eigenvalue weighted by atomic mass is 35.5. The number of H-pyrrole nitrogens is 1. The predicted octanol–water partition coefficient (Wildman–Crippen LogP) is 3.96. The maximum absolute atomic E-state index is 13.2. The lowest BCUT2D eigenvalue weighted by Crippen LogP contribution is -2.43. The second kappa shape index (κ2) is 9.48. The van der Waals surface area contributed by atoms with E-state index in [1.54, 1.807) is 0 Å². The topological polar surface area (TPSA) is 121 Å². The van der Waals surface area contributed by atoms with Crippen molar-refractivity contribution in [1.82, 2.24) is 25.9 Å². The zero-order chi connectivity index (χ0) is 22.6. The predicted molar refractivity (Wildman–Crippen MR) is 119 cm³/mol. The van der Waals surface area contributed by atoms with E-state index in [0.717, 1.165) is 29.5 Å². The number of benzene rings is 2. The highest BCUT2D eigenvalue weighted by molar-refractivity contribution is 6.30. The minimum atomic E-state index is -0.962. The molecule has 0 bridgehead atoms. The quantitative estimate of drug-likeness (QED) is 0.474. The van der Waals surface area contributed by atoms with Crippen LogP contribution in [0.3, 0.4) is 0 Å². The highest BCUT2D eigenvalue weighted by Crippen LogP contribution is 2.42. The van der Waals surface area contributed by atoms with Crippen molar-refractivity contribution in [2.24, 2.45) is 5.41 Å². The van der Waals surface area contributed by atoms with Crippen LogP contribution in [0.1, 0.15) is 49.5 Å². The number of hydrogen-bond acceptors (Lipinski definition) is 5. The van der Waals surface area contributed by atoms with Gasteiger partial charge in [0.1, 0.15) is 0 Å². The Bertz CT molecular complexity index is 1080. The molecule has 3 N–H and O–H groups in total. The standard InChI is InChI=1S/C23H24ClN5O3/c24-18-5-3-4-17(13-18)16-8-6-15(7-9-16)12-19(21-26-28-29-27-21)25-22(32)23(14-20(30)31)10-1-2-11-23/h3-9,13,19H,1-2,10-12,14H2,(H,25,32)(H,30,31)(H,26,27,28,29)/t19-/m0/s1. The number of nitrogens with one attached hydrogen (secondary N) is 2. The van der Waals surface area contributed by atoms with Crippen molar-refractivity contribution >= 4 is 23.5 Å². The maximum Gasteiger partial charge on any atom is 0.304 e. The number of aromatic amines is 1. The van der Waals surface area contributed by atoms with Crippen LogP contribution >= 0.6 is 11.6 Å². The van der Waals surface area contributed by atoms with Crippen molar-refractivity contribution in [2.75, 3.05) is 0 Å². The first-order valence-electron chi connectivity index (χ1n) is 10.6. The molecule has 0 spiro atoms. The van der Waals surface area contributed by atoms with Gasteiger partial charge in [-0.05, 0) is 52.1 Å². The second-order valence-electron chi connectivity index (χ2n) is 8.28. The number of carbonyl (C=O) groups excluding carboxylic acids is 1. The molecule has 0 saturated heterocycles. The lowest BCUT2D eigenvalue weighted by molar-refractivity contribution is -0.145. The van der Waals surface area contributed by atoms with E-state index in [1.807, 2.05) is 48.5 Å². The van der Waals surface area contributed by atoms with Gasteiger partial charge in [0.25, 0.3) is 0 Å². The molecule has 1 heterocycles. The third-order valence-electron chi connectivity index (χ3n) is 6.08. The summed E-state index contributed by atoms with van der Waals surface area (Å²) in [6.45, 7) is 0. The molecule has 2 aromatic carbocycles. The first-order chi connectivity index (χ1) is 15.4. The van der Waals surface area contributed by atoms with Crippen molar-refractivity contribution in [2.45, 2.75) is 44.6 Å². The van der Waals surface area contributed by atoms with Crippen molar-refractivity contribution in [1.29, 1.82) is 0 Å². The molecule has 0 aliphatic heterocycles. The molecule has 1 fully saturated rings. The van der Waals surface area contributed by atoms with Gasteiger partial charge in [-0.25, -0.2) is 5.10 Å². The summed E-state index contributed by atoms with van der Waals surface area (Å²) >= 11 is 6.10. The number of amides is 1. The molecule has 166 valence electrons. The van der Waals surface area contributed by atoms with E-state index in [4.69, 9.17) is 11.6 Å². The van der Waals surface area contributed by atoms with Crippen LogP contribution in [-0.4, -0.2) is 37.6 Å². The fraction of sp³-hybridized carbons (Fsp3) is 0.348. The van der Waals surface area contributed by atoms with Gasteiger partial charge in [0.05, 0.1) is 17.9 Å². The summed E-state index contributed by atoms with van der Waals surface area (Å²) in [5.41, 5.74) is 2.15. The summed E-state index contributed by atoms with van der Waals surface area (Å²) in [5, 5.41) is 27.0. The molecule has 0 unspecified atom stereocenters. The number of halogens is 1. The van der Waals surface area contributed by atoms with E-state index < -0.39 is 17.4 Å². The summed E-state index contributed by atoms with van der Waals surface area (Å²) in [7, 11) is 0.